The van der Waals surface area contributed by atoms with Gasteiger partial charge in [0.15, 0.2) is 0 Å². The van der Waals surface area contributed by atoms with Crippen molar-refractivity contribution in [1.82, 2.24) is 20.0 Å². The Bertz CT molecular complexity index is 1880. The van der Waals surface area contributed by atoms with Crippen LogP contribution in [-0.2, 0) is 16.5 Å². The zero-order chi connectivity index (χ0) is 29.2. The summed E-state index contributed by atoms with van der Waals surface area (Å²) in [5.41, 5.74) is 3.48. The number of thiazole rings is 1. The molecule has 0 amide bonds. The zero-order valence-corrected chi connectivity index (χ0v) is 23.8. The maximum absolute atomic E-state index is 12.9. The molecule has 2 heterocycles. The van der Waals surface area contributed by atoms with Gasteiger partial charge in [-0.25, -0.2) is 14.2 Å². The first-order valence-corrected chi connectivity index (χ1v) is 15.6. The quantitative estimate of drug-likeness (QED) is 0.160. The van der Waals surface area contributed by atoms with Crippen LogP contribution >= 0.6 is 18.9 Å². The van der Waals surface area contributed by atoms with E-state index < -0.39 is 19.3 Å². The summed E-state index contributed by atoms with van der Waals surface area (Å²) in [5.74, 6) is -0.120. The highest BCUT2D eigenvalue weighted by Crippen LogP contribution is 2.49. The number of hydrogen-bond donors (Lipinski definition) is 1. The monoisotopic (exact) mass is 602 g/mol. The Morgan fingerprint density at radius 1 is 0.929 bits per heavy atom. The molecule has 11 heteroatoms. The molecule has 0 aliphatic carbocycles. The van der Waals surface area contributed by atoms with Gasteiger partial charge in [-0.3, -0.25) is 0 Å². The van der Waals surface area contributed by atoms with Gasteiger partial charge in [-0.1, -0.05) is 84.1 Å². The maximum atomic E-state index is 12.9. The van der Waals surface area contributed by atoms with Crippen molar-refractivity contribution in [1.29, 1.82) is 0 Å². The normalized spacial score (nSPS) is 14.9. The molecule has 6 rings (SSSR count). The first-order chi connectivity index (χ1) is 20.3. The van der Waals surface area contributed by atoms with Gasteiger partial charge in [0.05, 0.1) is 15.7 Å². The van der Waals surface area contributed by atoms with Gasteiger partial charge in [-0.05, 0) is 53.9 Å². The van der Waals surface area contributed by atoms with Crippen molar-refractivity contribution in [2.45, 2.75) is 24.5 Å². The van der Waals surface area contributed by atoms with Crippen LogP contribution in [0.2, 0.25) is 0 Å². The molecule has 1 N–H and O–H groups in total. The first-order valence-electron chi connectivity index (χ1n) is 13.1. The second kappa shape index (κ2) is 11.6. The highest BCUT2D eigenvalue weighted by atomic mass is 32.1. The van der Waals surface area contributed by atoms with Crippen molar-refractivity contribution < 1.29 is 22.8 Å². The average molecular weight is 603 g/mol. The number of nitrogens with zero attached hydrogens (tertiary/aromatic N) is 4. The Labute approximate surface area is 244 Å². The largest absolute Gasteiger partial charge is 0.442 e. The molecule has 0 saturated carbocycles. The molecular weight excluding hydrogens is 577 g/mol. The molecule has 1 unspecified atom stereocenters. The minimum atomic E-state index is -5.09. The van der Waals surface area contributed by atoms with E-state index in [9.17, 15) is 18.2 Å². The molecule has 0 aliphatic rings. The molecule has 0 saturated heterocycles. The van der Waals surface area contributed by atoms with Gasteiger partial charge >= 0.3 is 13.8 Å². The van der Waals surface area contributed by atoms with E-state index in [-0.39, 0.29) is 5.75 Å². The summed E-state index contributed by atoms with van der Waals surface area (Å²) < 4.78 is 45.3. The Balaban J connectivity index is 1.49. The van der Waals surface area contributed by atoms with Gasteiger partial charge in [0, 0.05) is 6.42 Å². The number of fused-ring (bicyclic) bond motifs is 2. The lowest BCUT2D eigenvalue weighted by atomic mass is 9.87. The van der Waals surface area contributed by atoms with Gasteiger partial charge < -0.3 is 9.42 Å². The summed E-state index contributed by atoms with van der Waals surface area (Å²) in [5, 5.41) is 9.93. The summed E-state index contributed by atoms with van der Waals surface area (Å²) in [6.45, 7) is 0. The topological polar surface area (TPSA) is 90.1 Å². The molecular formula is C31H25F2N4O3PS. The lowest BCUT2D eigenvalue weighted by Crippen LogP contribution is -2.38. The fraction of sp³-hybridized carbons (Fsp3) is 0.129. The van der Waals surface area contributed by atoms with E-state index in [1.807, 2.05) is 83.5 Å². The fourth-order valence-electron chi connectivity index (χ4n) is 4.89. The van der Waals surface area contributed by atoms with E-state index >= 15 is 0 Å². The van der Waals surface area contributed by atoms with E-state index in [1.165, 1.54) is 12.1 Å². The van der Waals surface area contributed by atoms with Gasteiger partial charge in [-0.15, -0.1) is 16.4 Å². The second-order valence-electron chi connectivity index (χ2n) is 9.78. The molecule has 6 aromatic rings. The number of alkyl halides is 2. The summed E-state index contributed by atoms with van der Waals surface area (Å²) in [4.78, 5) is 14.6. The summed E-state index contributed by atoms with van der Waals surface area (Å²) in [6.07, 6.45) is 1.57. The average Bonchev–Trinajstić information content (AvgIpc) is 3.63. The van der Waals surface area contributed by atoms with Crippen molar-refractivity contribution in [2.75, 3.05) is 0 Å². The van der Waals surface area contributed by atoms with E-state index in [4.69, 9.17) is 9.51 Å². The number of aromatic nitrogens is 4. The highest BCUT2D eigenvalue weighted by molar-refractivity contribution is 7.53. The molecule has 0 radical (unpaired) electrons. The van der Waals surface area contributed by atoms with Crippen LogP contribution < -0.4 is 4.52 Å². The van der Waals surface area contributed by atoms with E-state index in [1.54, 1.807) is 23.5 Å². The van der Waals surface area contributed by atoms with Crippen LogP contribution in [0, 0.1) is 0 Å². The molecule has 0 aliphatic heterocycles. The third kappa shape index (κ3) is 5.61. The third-order valence-electron chi connectivity index (χ3n) is 6.92. The molecule has 7 nitrogen and oxygen atoms in total. The predicted molar refractivity (Wildman–Crippen MR) is 161 cm³/mol. The second-order valence-corrected chi connectivity index (χ2v) is 12.5. The lowest BCUT2D eigenvalue weighted by molar-refractivity contribution is 0.188. The number of halogens is 2. The highest BCUT2D eigenvalue weighted by Gasteiger charge is 2.40. The molecule has 0 bridgehead atoms. The number of benzene rings is 4. The Kier molecular flexibility index (Phi) is 7.68. The van der Waals surface area contributed by atoms with Crippen LogP contribution in [0.15, 0.2) is 109 Å². The van der Waals surface area contributed by atoms with Crippen LogP contribution in [-0.4, -0.2) is 31.0 Å². The number of rotatable bonds is 10. The van der Waals surface area contributed by atoms with Gasteiger partial charge in [-0.2, -0.15) is 8.78 Å². The van der Waals surface area contributed by atoms with Crippen molar-refractivity contribution in [2.24, 2.45) is 0 Å². The number of allylic oxidation sites excluding steroid dienone is 1. The van der Waals surface area contributed by atoms with Gasteiger partial charge in [0.2, 0.25) is 0 Å². The predicted octanol–water partition coefficient (Wildman–Crippen LogP) is 7.92. The minimum absolute atomic E-state index is 0.120. The van der Waals surface area contributed by atoms with Gasteiger partial charge in [0.25, 0.3) is 0 Å². The zero-order valence-electron chi connectivity index (χ0n) is 22.1. The lowest BCUT2D eigenvalue weighted by Gasteiger charge is -2.32. The van der Waals surface area contributed by atoms with Crippen molar-refractivity contribution in [3.05, 3.63) is 125 Å². The van der Waals surface area contributed by atoms with Crippen LogP contribution in [0.1, 0.15) is 22.6 Å². The smallest absolute Gasteiger partial charge is 0.421 e. The third-order valence-corrected chi connectivity index (χ3v) is 9.11. The molecule has 212 valence electrons. The fourth-order valence-corrected chi connectivity index (χ4v) is 6.55. The molecule has 2 aromatic heterocycles. The minimum Gasteiger partial charge on any atom is -0.421 e. The summed E-state index contributed by atoms with van der Waals surface area (Å²) in [7, 11) is -5.09. The van der Waals surface area contributed by atoms with Gasteiger partial charge in [0.1, 0.15) is 21.8 Å². The van der Waals surface area contributed by atoms with E-state index in [2.05, 4.69) is 22.5 Å². The van der Waals surface area contributed by atoms with Crippen molar-refractivity contribution >= 4 is 46.3 Å². The van der Waals surface area contributed by atoms with E-state index in [0.29, 0.717) is 12.8 Å². The molecule has 2 atom stereocenters. The van der Waals surface area contributed by atoms with Crippen LogP contribution in [0.3, 0.4) is 0 Å². The van der Waals surface area contributed by atoms with Crippen molar-refractivity contribution in [3.63, 3.8) is 0 Å². The Morgan fingerprint density at radius 3 is 2.36 bits per heavy atom. The van der Waals surface area contributed by atoms with Crippen molar-refractivity contribution in [3.8, 4) is 5.75 Å². The first kappa shape index (κ1) is 27.9. The SMILES string of the molecule is O=P(O)(Oc1ccc(C[C@@](CC=Cc2ccccc2)(c2nc3ccccc3s2)n2nnc3ccccc32)cc1)C(F)F. The Morgan fingerprint density at radius 2 is 1.62 bits per heavy atom. The summed E-state index contributed by atoms with van der Waals surface area (Å²) >= 11 is 1.58. The standard InChI is InChI=1S/C31H25F2N4O3PS/c32-30(33)41(38,39)40-24-18-16-23(17-19-24)21-31(20-8-11-22-9-2-1-3-10-22,29-34-26-13-5-7-15-28(26)42-29)37-27-14-6-4-12-25(27)35-36-37/h1-19,30H,20-21H2,(H,38,39)/t31-/m0/s1. The summed E-state index contributed by atoms with van der Waals surface area (Å²) in [6, 6.07) is 31.9. The van der Waals surface area contributed by atoms with Crippen LogP contribution in [0.4, 0.5) is 8.78 Å². The van der Waals surface area contributed by atoms with E-state index in [0.717, 1.165) is 37.4 Å². The molecule has 0 fully saturated rings. The maximum Gasteiger partial charge on any atom is 0.442 e. The van der Waals surface area contributed by atoms with Crippen LogP contribution in [0.5, 0.6) is 5.75 Å². The molecule has 0 spiro atoms. The number of para-hydroxylation sites is 2. The van der Waals surface area contributed by atoms with Crippen LogP contribution in [0.25, 0.3) is 27.3 Å². The molecule has 4 aromatic carbocycles. The Hall–Kier alpha value is -4.24. The molecule has 42 heavy (non-hydrogen) atoms. The number of hydrogen-bond acceptors (Lipinski definition) is 6.